The Morgan fingerprint density at radius 2 is 2.08 bits per heavy atom. The van der Waals surface area contributed by atoms with E-state index in [0.29, 0.717) is 38.1 Å². The molecule has 1 aliphatic heterocycles. The Labute approximate surface area is 147 Å². The van der Waals surface area contributed by atoms with Crippen LogP contribution in [0.4, 0.5) is 5.95 Å². The number of carbonyl (C=O) groups excluding carboxylic acids is 1. The third-order valence-electron chi connectivity index (χ3n) is 4.23. The fourth-order valence-corrected chi connectivity index (χ4v) is 2.92. The van der Waals surface area contributed by atoms with Gasteiger partial charge in [-0.25, -0.2) is 4.98 Å². The highest BCUT2D eigenvalue weighted by Crippen LogP contribution is 2.16. The molecule has 1 atom stereocenters. The summed E-state index contributed by atoms with van der Waals surface area (Å²) in [6.45, 7) is 7.83. The number of piperazine rings is 1. The molecule has 0 unspecified atom stereocenters. The molecule has 1 fully saturated rings. The van der Waals surface area contributed by atoms with Crippen LogP contribution in [0.5, 0.6) is 5.88 Å². The molecule has 0 spiro atoms. The maximum Gasteiger partial charge on any atom is 0.228 e. The normalized spacial score (nSPS) is 15.9. The highest BCUT2D eigenvalue weighted by atomic mass is 16.5. The fraction of sp³-hybridized carbons (Fsp3) is 0.529. The average Bonchev–Trinajstić information content (AvgIpc) is 3.15. The van der Waals surface area contributed by atoms with Gasteiger partial charge in [0, 0.05) is 50.8 Å². The summed E-state index contributed by atoms with van der Waals surface area (Å²) >= 11 is 0. The smallest absolute Gasteiger partial charge is 0.228 e. The second-order valence-electron chi connectivity index (χ2n) is 6.07. The lowest BCUT2D eigenvalue weighted by Crippen LogP contribution is -2.51. The van der Waals surface area contributed by atoms with Crippen LogP contribution in [0.3, 0.4) is 0 Å². The van der Waals surface area contributed by atoms with Crippen LogP contribution in [0.25, 0.3) is 0 Å². The summed E-state index contributed by atoms with van der Waals surface area (Å²) in [5, 5.41) is 4.17. The van der Waals surface area contributed by atoms with E-state index in [1.807, 2.05) is 31.0 Å². The molecule has 3 rings (SSSR count). The average molecular weight is 344 g/mol. The number of amides is 1. The summed E-state index contributed by atoms with van der Waals surface area (Å²) in [4.78, 5) is 25.4. The van der Waals surface area contributed by atoms with Crippen LogP contribution >= 0.6 is 0 Å². The Morgan fingerprint density at radius 3 is 2.76 bits per heavy atom. The van der Waals surface area contributed by atoms with Crippen molar-refractivity contribution in [2.75, 3.05) is 37.7 Å². The van der Waals surface area contributed by atoms with E-state index in [1.54, 1.807) is 23.1 Å². The van der Waals surface area contributed by atoms with Crippen molar-refractivity contribution in [2.45, 2.75) is 20.4 Å². The molecule has 0 aromatic carbocycles. The predicted octanol–water partition coefficient (Wildman–Crippen LogP) is 1.06. The van der Waals surface area contributed by atoms with E-state index in [0.717, 1.165) is 13.1 Å². The third-order valence-corrected chi connectivity index (χ3v) is 4.23. The van der Waals surface area contributed by atoms with Crippen LogP contribution in [0, 0.1) is 5.92 Å². The van der Waals surface area contributed by atoms with Crippen molar-refractivity contribution < 1.29 is 9.53 Å². The molecule has 8 nitrogen and oxygen atoms in total. The van der Waals surface area contributed by atoms with E-state index in [1.165, 1.54) is 0 Å². The lowest BCUT2D eigenvalue weighted by Gasteiger charge is -2.36. The maximum absolute atomic E-state index is 12.6. The number of nitrogens with zero attached hydrogens (tertiary/aromatic N) is 6. The molecule has 0 radical (unpaired) electrons. The molecule has 25 heavy (non-hydrogen) atoms. The number of aromatic nitrogens is 4. The molecule has 1 amide bonds. The summed E-state index contributed by atoms with van der Waals surface area (Å²) < 4.78 is 7.23. The van der Waals surface area contributed by atoms with Gasteiger partial charge in [0.15, 0.2) is 0 Å². The second-order valence-corrected chi connectivity index (χ2v) is 6.07. The number of hydrogen-bond acceptors (Lipinski definition) is 6. The minimum atomic E-state index is -0.0935. The summed E-state index contributed by atoms with van der Waals surface area (Å²) in [5.74, 6) is 1.31. The maximum atomic E-state index is 12.6. The van der Waals surface area contributed by atoms with Crippen LogP contribution in [0.2, 0.25) is 0 Å². The Balaban J connectivity index is 1.54. The summed E-state index contributed by atoms with van der Waals surface area (Å²) in [6, 6.07) is 3.62. The molecule has 1 saturated heterocycles. The summed E-state index contributed by atoms with van der Waals surface area (Å²) in [7, 11) is 0. The first-order valence-electron chi connectivity index (χ1n) is 8.64. The molecule has 0 N–H and O–H groups in total. The second kappa shape index (κ2) is 7.96. The lowest BCUT2D eigenvalue weighted by atomic mass is 10.1. The third kappa shape index (κ3) is 4.26. The van der Waals surface area contributed by atoms with Crippen LogP contribution in [-0.2, 0) is 11.3 Å². The standard InChI is InChI=1S/C17H24N6O2/c1-3-25-15-5-7-18-17(20-15)22-11-9-21(10-12-22)16(24)14(2)13-23-8-4-6-19-23/h4-8,14H,3,9-13H2,1-2H3/t14-/m0/s1. The Kier molecular flexibility index (Phi) is 5.47. The van der Waals surface area contributed by atoms with Crippen molar-refractivity contribution in [1.82, 2.24) is 24.6 Å². The van der Waals surface area contributed by atoms with E-state index >= 15 is 0 Å². The van der Waals surface area contributed by atoms with Crippen molar-refractivity contribution >= 4 is 11.9 Å². The van der Waals surface area contributed by atoms with Gasteiger partial charge in [-0.3, -0.25) is 9.48 Å². The first-order chi connectivity index (χ1) is 12.2. The monoisotopic (exact) mass is 344 g/mol. The van der Waals surface area contributed by atoms with Gasteiger partial charge in [0.2, 0.25) is 17.7 Å². The quantitative estimate of drug-likeness (QED) is 0.780. The highest BCUT2D eigenvalue weighted by molar-refractivity contribution is 5.78. The summed E-state index contributed by atoms with van der Waals surface area (Å²) in [6.07, 6.45) is 5.31. The Bertz CT molecular complexity index is 682. The molecule has 2 aromatic rings. The molecule has 134 valence electrons. The van der Waals surface area contributed by atoms with Gasteiger partial charge >= 0.3 is 0 Å². The lowest BCUT2D eigenvalue weighted by molar-refractivity contribution is -0.135. The van der Waals surface area contributed by atoms with E-state index in [9.17, 15) is 4.79 Å². The van der Waals surface area contributed by atoms with Gasteiger partial charge in [-0.2, -0.15) is 10.1 Å². The fourth-order valence-electron chi connectivity index (χ4n) is 2.92. The van der Waals surface area contributed by atoms with E-state index in [2.05, 4.69) is 20.0 Å². The molecule has 2 aromatic heterocycles. The number of hydrogen-bond donors (Lipinski definition) is 0. The molecule has 8 heteroatoms. The van der Waals surface area contributed by atoms with Crippen LogP contribution in [0.1, 0.15) is 13.8 Å². The minimum Gasteiger partial charge on any atom is -0.478 e. The molecule has 3 heterocycles. The van der Waals surface area contributed by atoms with Crippen LogP contribution in [-0.4, -0.2) is 63.3 Å². The van der Waals surface area contributed by atoms with Crippen molar-refractivity contribution in [2.24, 2.45) is 5.92 Å². The van der Waals surface area contributed by atoms with Gasteiger partial charge in [-0.15, -0.1) is 0 Å². The van der Waals surface area contributed by atoms with Gasteiger partial charge in [-0.1, -0.05) is 6.92 Å². The number of anilines is 1. The van der Waals surface area contributed by atoms with Gasteiger partial charge in [0.25, 0.3) is 0 Å². The van der Waals surface area contributed by atoms with Gasteiger partial charge in [0.05, 0.1) is 19.1 Å². The van der Waals surface area contributed by atoms with Crippen LogP contribution in [0.15, 0.2) is 30.7 Å². The zero-order chi connectivity index (χ0) is 17.6. The van der Waals surface area contributed by atoms with Gasteiger partial charge in [-0.05, 0) is 13.0 Å². The predicted molar refractivity (Wildman–Crippen MR) is 93.4 cm³/mol. The van der Waals surface area contributed by atoms with Crippen LogP contribution < -0.4 is 9.64 Å². The first kappa shape index (κ1) is 17.2. The SMILES string of the molecule is CCOc1ccnc(N2CCN(C(=O)[C@@H](C)Cn3cccn3)CC2)n1. The molecule has 0 aliphatic carbocycles. The summed E-state index contributed by atoms with van der Waals surface area (Å²) in [5.41, 5.74) is 0. The molecule has 1 aliphatic rings. The molecular formula is C17H24N6O2. The Morgan fingerprint density at radius 1 is 1.28 bits per heavy atom. The number of rotatable bonds is 6. The molecular weight excluding hydrogens is 320 g/mol. The number of ether oxygens (including phenoxy) is 1. The van der Waals surface area contributed by atoms with Crippen molar-refractivity contribution in [3.05, 3.63) is 30.7 Å². The largest absolute Gasteiger partial charge is 0.478 e. The minimum absolute atomic E-state index is 0.0935. The zero-order valence-corrected chi connectivity index (χ0v) is 14.7. The number of carbonyl (C=O) groups is 1. The van der Waals surface area contributed by atoms with Gasteiger partial charge < -0.3 is 14.5 Å². The van der Waals surface area contributed by atoms with Crippen molar-refractivity contribution in [3.63, 3.8) is 0 Å². The van der Waals surface area contributed by atoms with E-state index in [4.69, 9.17) is 4.74 Å². The topological polar surface area (TPSA) is 76.4 Å². The Hall–Kier alpha value is -2.64. The van der Waals surface area contributed by atoms with Crippen molar-refractivity contribution in [3.8, 4) is 5.88 Å². The van der Waals surface area contributed by atoms with E-state index in [-0.39, 0.29) is 11.8 Å². The molecule has 0 bridgehead atoms. The zero-order valence-electron chi connectivity index (χ0n) is 14.7. The van der Waals surface area contributed by atoms with Gasteiger partial charge in [0.1, 0.15) is 0 Å². The highest BCUT2D eigenvalue weighted by Gasteiger charge is 2.26. The first-order valence-corrected chi connectivity index (χ1v) is 8.64. The van der Waals surface area contributed by atoms with E-state index < -0.39 is 0 Å². The molecule has 0 saturated carbocycles. The van der Waals surface area contributed by atoms with Crippen molar-refractivity contribution in [1.29, 1.82) is 0 Å².